The van der Waals surface area contributed by atoms with Crippen molar-refractivity contribution in [3.63, 3.8) is 0 Å². The van der Waals surface area contributed by atoms with Crippen LogP contribution in [0.1, 0.15) is 278 Å². The Bertz CT molecular complexity index is 1650. The average molecular weight is 1070 g/mol. The zero-order chi connectivity index (χ0) is 55.7. The number of unbranched alkanes of at least 4 members (excludes halogenated alkanes) is 23. The molecule has 0 saturated carbocycles. The topological polar surface area (TPSA) is 78.9 Å². The van der Waals surface area contributed by atoms with Crippen LogP contribution in [0, 0.1) is 0 Å². The molecule has 0 aromatic carbocycles. The van der Waals surface area contributed by atoms with Gasteiger partial charge in [0, 0.05) is 19.3 Å². The number of rotatable bonds is 56. The fourth-order valence-corrected chi connectivity index (χ4v) is 8.41. The zero-order valence-electron chi connectivity index (χ0n) is 49.9. The van der Waals surface area contributed by atoms with Gasteiger partial charge in [-0.15, -0.1) is 0 Å². The highest BCUT2D eigenvalue weighted by atomic mass is 16.6. The van der Waals surface area contributed by atoms with E-state index in [-0.39, 0.29) is 31.1 Å². The maximum absolute atomic E-state index is 12.9. The predicted octanol–water partition coefficient (Wildman–Crippen LogP) is 21.8. The number of esters is 3. The Balaban J connectivity index is 4.32. The highest BCUT2D eigenvalue weighted by Gasteiger charge is 2.19. The van der Waals surface area contributed by atoms with Gasteiger partial charge in [-0.05, 0) is 116 Å². The molecule has 436 valence electrons. The van der Waals surface area contributed by atoms with E-state index in [1.807, 2.05) is 0 Å². The van der Waals surface area contributed by atoms with Crippen LogP contribution in [-0.4, -0.2) is 37.2 Å². The van der Waals surface area contributed by atoms with Crippen molar-refractivity contribution in [2.24, 2.45) is 0 Å². The molecule has 77 heavy (non-hydrogen) atoms. The molecule has 1 atom stereocenters. The first-order valence-corrected chi connectivity index (χ1v) is 31.7. The third-order valence-corrected chi connectivity index (χ3v) is 13.1. The zero-order valence-corrected chi connectivity index (χ0v) is 49.9. The van der Waals surface area contributed by atoms with Crippen LogP contribution in [0.2, 0.25) is 0 Å². The number of ether oxygens (including phenoxy) is 3. The smallest absolute Gasteiger partial charge is 0.306 e. The molecular formula is C71H116O6. The van der Waals surface area contributed by atoms with Crippen LogP contribution < -0.4 is 0 Å². The molecular weight excluding hydrogens is 949 g/mol. The Morgan fingerprint density at radius 3 is 0.883 bits per heavy atom. The lowest BCUT2D eigenvalue weighted by Crippen LogP contribution is -2.30. The van der Waals surface area contributed by atoms with Crippen LogP contribution in [0.15, 0.2) is 134 Å². The molecule has 0 spiro atoms. The number of carbonyl (C=O) groups excluding carboxylic acids is 3. The van der Waals surface area contributed by atoms with E-state index >= 15 is 0 Å². The van der Waals surface area contributed by atoms with Crippen molar-refractivity contribution >= 4 is 17.9 Å². The predicted molar refractivity (Wildman–Crippen MR) is 334 cm³/mol. The molecule has 0 aromatic rings. The fraction of sp³-hybridized carbons (Fsp3) is 0.648. The lowest BCUT2D eigenvalue weighted by atomic mass is 10.0. The Morgan fingerprint density at radius 1 is 0.273 bits per heavy atom. The molecule has 0 amide bonds. The van der Waals surface area contributed by atoms with Crippen LogP contribution in [0.4, 0.5) is 0 Å². The molecule has 0 heterocycles. The van der Waals surface area contributed by atoms with Gasteiger partial charge < -0.3 is 14.2 Å². The van der Waals surface area contributed by atoms with Gasteiger partial charge in [-0.1, -0.05) is 276 Å². The van der Waals surface area contributed by atoms with Gasteiger partial charge in [-0.3, -0.25) is 14.4 Å². The van der Waals surface area contributed by atoms with Crippen molar-refractivity contribution < 1.29 is 28.6 Å². The maximum Gasteiger partial charge on any atom is 0.306 e. The van der Waals surface area contributed by atoms with E-state index in [0.29, 0.717) is 25.7 Å². The Hall–Kier alpha value is -4.45. The summed E-state index contributed by atoms with van der Waals surface area (Å²) >= 11 is 0. The minimum Gasteiger partial charge on any atom is -0.462 e. The van der Waals surface area contributed by atoms with Crippen molar-refractivity contribution in [1.29, 1.82) is 0 Å². The Labute approximate surface area is 475 Å². The van der Waals surface area contributed by atoms with Crippen molar-refractivity contribution in [2.45, 2.75) is 284 Å². The minimum atomic E-state index is -0.801. The monoisotopic (exact) mass is 1060 g/mol. The summed E-state index contributed by atoms with van der Waals surface area (Å²) in [6.07, 6.45) is 90.4. The van der Waals surface area contributed by atoms with Gasteiger partial charge in [0.05, 0.1) is 0 Å². The standard InChI is InChI=1S/C71H116O6/c1-4-7-10-13-16-19-22-24-26-28-29-30-31-32-33-34-35-36-37-38-39-40-41-42-43-44-46-47-49-52-55-58-61-64-70(73)76-67-68(66-75-69(72)63-60-57-54-51-21-18-15-12-9-6-3)77-71(74)65-62-59-56-53-50-48-45-27-25-23-20-17-14-11-8-5-2/h7,10,12,15-16,19,24,26,29-30,32-33,35-36,38-39,41-42,44,46,49,52,68H,4-6,8-9,11,13-14,17-18,20-23,25,27-28,31,34,37,40,43,45,47-48,50-51,53-67H2,1-3H3/b10-7-,15-12-,19-16-,26-24-,30-29-,33-32-,36-35-,39-38-,42-41-,46-44-,52-49-. The van der Waals surface area contributed by atoms with Gasteiger partial charge in [0.25, 0.3) is 0 Å². The summed E-state index contributed by atoms with van der Waals surface area (Å²) in [5, 5.41) is 0. The van der Waals surface area contributed by atoms with Gasteiger partial charge >= 0.3 is 17.9 Å². The molecule has 0 aliphatic heterocycles. The Morgan fingerprint density at radius 2 is 0.532 bits per heavy atom. The summed E-state index contributed by atoms with van der Waals surface area (Å²) in [5.41, 5.74) is 0. The maximum atomic E-state index is 12.9. The summed E-state index contributed by atoms with van der Waals surface area (Å²) in [6.45, 7) is 6.43. The summed E-state index contributed by atoms with van der Waals surface area (Å²) in [4.78, 5) is 38.1. The van der Waals surface area contributed by atoms with E-state index in [2.05, 4.69) is 154 Å². The minimum absolute atomic E-state index is 0.0971. The van der Waals surface area contributed by atoms with Gasteiger partial charge in [-0.25, -0.2) is 0 Å². The molecule has 0 saturated heterocycles. The van der Waals surface area contributed by atoms with Crippen LogP contribution in [0.25, 0.3) is 0 Å². The molecule has 1 unspecified atom stereocenters. The second-order valence-electron chi connectivity index (χ2n) is 20.6. The second kappa shape index (κ2) is 64.1. The van der Waals surface area contributed by atoms with Crippen molar-refractivity contribution in [1.82, 2.24) is 0 Å². The van der Waals surface area contributed by atoms with E-state index in [1.165, 1.54) is 96.3 Å². The summed E-state index contributed by atoms with van der Waals surface area (Å²) < 4.78 is 16.8. The first-order chi connectivity index (χ1) is 38.0. The highest BCUT2D eigenvalue weighted by Crippen LogP contribution is 2.16. The molecule has 6 heteroatoms. The number of hydrogen-bond donors (Lipinski definition) is 0. The summed E-state index contributed by atoms with van der Waals surface area (Å²) in [7, 11) is 0. The van der Waals surface area contributed by atoms with Gasteiger partial charge in [0.2, 0.25) is 0 Å². The fourth-order valence-electron chi connectivity index (χ4n) is 8.41. The molecule has 0 aliphatic carbocycles. The van der Waals surface area contributed by atoms with E-state index < -0.39 is 6.10 Å². The lowest BCUT2D eigenvalue weighted by Gasteiger charge is -2.18. The third kappa shape index (κ3) is 62.3. The van der Waals surface area contributed by atoms with Crippen LogP contribution >= 0.6 is 0 Å². The van der Waals surface area contributed by atoms with Gasteiger partial charge in [0.1, 0.15) is 13.2 Å². The van der Waals surface area contributed by atoms with Gasteiger partial charge in [0.15, 0.2) is 6.10 Å². The molecule has 0 radical (unpaired) electrons. The summed E-state index contributed by atoms with van der Waals surface area (Å²) in [6, 6.07) is 0. The molecule has 0 N–H and O–H groups in total. The van der Waals surface area contributed by atoms with Crippen molar-refractivity contribution in [3.05, 3.63) is 134 Å². The molecule has 0 aromatic heterocycles. The van der Waals surface area contributed by atoms with E-state index in [9.17, 15) is 14.4 Å². The average Bonchev–Trinajstić information content (AvgIpc) is 3.43. The molecule has 0 aliphatic rings. The largest absolute Gasteiger partial charge is 0.462 e. The first kappa shape index (κ1) is 72.5. The normalized spacial score (nSPS) is 13.0. The number of carbonyl (C=O) groups is 3. The van der Waals surface area contributed by atoms with Crippen LogP contribution in [-0.2, 0) is 28.6 Å². The van der Waals surface area contributed by atoms with E-state index in [1.54, 1.807) is 0 Å². The summed E-state index contributed by atoms with van der Waals surface area (Å²) in [5.74, 6) is -0.951. The number of hydrogen-bond acceptors (Lipinski definition) is 6. The molecule has 0 rings (SSSR count). The quantitative estimate of drug-likeness (QED) is 0.0261. The SMILES string of the molecule is CC/C=C\C/C=C\C/C=C\C/C=C\C/C=C\C/C=C\C/C=C\C/C=C\C/C=C\C/C=C\CCCCC(=O)OCC(COC(=O)CCCCCCC/C=C\CCC)OC(=O)CCCCCCCCCCCCCCCCCC. The highest BCUT2D eigenvalue weighted by molar-refractivity contribution is 5.71. The first-order valence-electron chi connectivity index (χ1n) is 31.7. The number of allylic oxidation sites excluding steroid dienone is 22. The third-order valence-electron chi connectivity index (χ3n) is 13.1. The van der Waals surface area contributed by atoms with E-state index in [0.717, 1.165) is 135 Å². The van der Waals surface area contributed by atoms with Crippen molar-refractivity contribution in [3.8, 4) is 0 Å². The van der Waals surface area contributed by atoms with Gasteiger partial charge in [-0.2, -0.15) is 0 Å². The molecule has 6 nitrogen and oxygen atoms in total. The van der Waals surface area contributed by atoms with Crippen molar-refractivity contribution in [2.75, 3.05) is 13.2 Å². The Kier molecular flexibility index (Phi) is 60.4. The van der Waals surface area contributed by atoms with E-state index in [4.69, 9.17) is 14.2 Å². The van der Waals surface area contributed by atoms with Crippen LogP contribution in [0.3, 0.4) is 0 Å². The van der Waals surface area contributed by atoms with Crippen LogP contribution in [0.5, 0.6) is 0 Å². The lowest BCUT2D eigenvalue weighted by molar-refractivity contribution is -0.167. The molecule has 0 bridgehead atoms. The second-order valence-corrected chi connectivity index (χ2v) is 20.6. The molecule has 0 fully saturated rings.